The van der Waals surface area contributed by atoms with E-state index in [0.717, 1.165) is 11.1 Å². The van der Waals surface area contributed by atoms with Gasteiger partial charge in [-0.1, -0.05) is 30.3 Å². The maximum absolute atomic E-state index is 12.2. The SMILES string of the molecule is CCOC(=O)CC(N)c1cccc(-c2ccc(OC(F)(F)F)cc2)c1. The van der Waals surface area contributed by atoms with Crippen molar-refractivity contribution in [3.63, 3.8) is 0 Å². The minimum atomic E-state index is -4.72. The molecule has 0 amide bonds. The molecule has 0 fully saturated rings. The van der Waals surface area contributed by atoms with E-state index < -0.39 is 12.4 Å². The van der Waals surface area contributed by atoms with Crippen LogP contribution in [-0.2, 0) is 9.53 Å². The lowest BCUT2D eigenvalue weighted by Gasteiger charge is -2.13. The predicted molar refractivity (Wildman–Crippen MR) is 86.7 cm³/mol. The Morgan fingerprint density at radius 2 is 1.80 bits per heavy atom. The first-order chi connectivity index (χ1) is 11.8. The molecule has 0 spiro atoms. The molecule has 7 heteroatoms. The molecule has 1 unspecified atom stereocenters. The molecule has 0 aliphatic heterocycles. The Balaban J connectivity index is 2.14. The van der Waals surface area contributed by atoms with Gasteiger partial charge in [-0.2, -0.15) is 0 Å². The molecule has 0 saturated heterocycles. The van der Waals surface area contributed by atoms with Gasteiger partial charge in [-0.05, 0) is 41.8 Å². The monoisotopic (exact) mass is 353 g/mol. The molecule has 0 heterocycles. The molecular weight excluding hydrogens is 335 g/mol. The number of nitrogens with two attached hydrogens (primary N) is 1. The van der Waals surface area contributed by atoms with E-state index in [1.165, 1.54) is 24.3 Å². The van der Waals surface area contributed by atoms with Crippen LogP contribution in [0, 0.1) is 0 Å². The smallest absolute Gasteiger partial charge is 0.466 e. The molecule has 2 rings (SSSR count). The van der Waals surface area contributed by atoms with Crippen molar-refractivity contribution >= 4 is 5.97 Å². The number of rotatable bonds is 6. The van der Waals surface area contributed by atoms with Crippen molar-refractivity contribution in [2.24, 2.45) is 5.73 Å². The molecule has 0 radical (unpaired) electrons. The number of halogens is 3. The summed E-state index contributed by atoms with van der Waals surface area (Å²) in [4.78, 5) is 11.5. The van der Waals surface area contributed by atoms with Gasteiger partial charge in [0.25, 0.3) is 0 Å². The summed E-state index contributed by atoms with van der Waals surface area (Å²) in [6, 6.07) is 12.2. The second kappa shape index (κ2) is 8.02. The number of hydrogen-bond donors (Lipinski definition) is 1. The van der Waals surface area contributed by atoms with E-state index in [1.807, 2.05) is 0 Å². The number of ether oxygens (including phenoxy) is 2. The molecule has 4 nitrogen and oxygen atoms in total. The zero-order valence-electron chi connectivity index (χ0n) is 13.5. The van der Waals surface area contributed by atoms with Crippen LogP contribution < -0.4 is 10.5 Å². The first kappa shape index (κ1) is 18.8. The van der Waals surface area contributed by atoms with Gasteiger partial charge in [0, 0.05) is 6.04 Å². The Morgan fingerprint density at radius 1 is 1.12 bits per heavy atom. The van der Waals surface area contributed by atoms with Crippen LogP contribution in [0.2, 0.25) is 0 Å². The van der Waals surface area contributed by atoms with E-state index in [9.17, 15) is 18.0 Å². The van der Waals surface area contributed by atoms with Crippen molar-refractivity contribution in [2.75, 3.05) is 6.61 Å². The fourth-order valence-electron chi connectivity index (χ4n) is 2.32. The third-order valence-electron chi connectivity index (χ3n) is 3.43. The molecular formula is C18H18F3NO3. The molecule has 134 valence electrons. The normalized spacial score (nSPS) is 12.5. The van der Waals surface area contributed by atoms with Gasteiger partial charge in [0.05, 0.1) is 13.0 Å². The molecule has 2 aromatic rings. The number of benzene rings is 2. The van der Waals surface area contributed by atoms with Crippen molar-refractivity contribution in [2.45, 2.75) is 25.7 Å². The number of carbonyl (C=O) groups is 1. The number of esters is 1. The molecule has 2 N–H and O–H groups in total. The van der Waals surface area contributed by atoms with Gasteiger partial charge in [-0.3, -0.25) is 4.79 Å². The second-order valence-corrected chi connectivity index (χ2v) is 5.31. The third kappa shape index (κ3) is 5.79. The molecule has 0 aromatic heterocycles. The maximum atomic E-state index is 12.2. The van der Waals surface area contributed by atoms with E-state index in [1.54, 1.807) is 31.2 Å². The molecule has 0 aliphatic rings. The van der Waals surface area contributed by atoms with Crippen LogP contribution in [0.15, 0.2) is 48.5 Å². The topological polar surface area (TPSA) is 61.5 Å². The van der Waals surface area contributed by atoms with E-state index in [2.05, 4.69) is 4.74 Å². The Hall–Kier alpha value is -2.54. The molecule has 0 bridgehead atoms. The fourth-order valence-corrected chi connectivity index (χ4v) is 2.32. The van der Waals surface area contributed by atoms with E-state index in [4.69, 9.17) is 10.5 Å². The van der Waals surface area contributed by atoms with Gasteiger partial charge >= 0.3 is 12.3 Å². The van der Waals surface area contributed by atoms with Crippen LogP contribution >= 0.6 is 0 Å². The van der Waals surface area contributed by atoms with Crippen LogP contribution in [0.1, 0.15) is 24.9 Å². The fraction of sp³-hybridized carbons (Fsp3) is 0.278. The molecule has 1 atom stereocenters. The summed E-state index contributed by atoms with van der Waals surface area (Å²) in [6.07, 6.45) is -4.67. The Labute approximate surface area is 143 Å². The van der Waals surface area contributed by atoms with Gasteiger partial charge in [0.1, 0.15) is 5.75 Å². The van der Waals surface area contributed by atoms with Crippen molar-refractivity contribution in [3.05, 3.63) is 54.1 Å². The number of alkyl halides is 3. The van der Waals surface area contributed by atoms with Gasteiger partial charge < -0.3 is 15.2 Å². The first-order valence-corrected chi connectivity index (χ1v) is 7.66. The highest BCUT2D eigenvalue weighted by atomic mass is 19.4. The highest BCUT2D eigenvalue weighted by Gasteiger charge is 2.30. The van der Waals surface area contributed by atoms with Crippen LogP contribution in [0.4, 0.5) is 13.2 Å². The Bertz CT molecular complexity index is 714. The summed E-state index contributed by atoms with van der Waals surface area (Å²) < 4.78 is 45.3. The number of hydrogen-bond acceptors (Lipinski definition) is 4. The van der Waals surface area contributed by atoms with Crippen molar-refractivity contribution < 1.29 is 27.4 Å². The average Bonchev–Trinajstić information content (AvgIpc) is 2.54. The van der Waals surface area contributed by atoms with E-state index >= 15 is 0 Å². The van der Waals surface area contributed by atoms with Crippen molar-refractivity contribution in [1.29, 1.82) is 0 Å². The zero-order valence-corrected chi connectivity index (χ0v) is 13.5. The van der Waals surface area contributed by atoms with Gasteiger partial charge in [-0.25, -0.2) is 0 Å². The number of carbonyl (C=O) groups excluding carboxylic acids is 1. The van der Waals surface area contributed by atoms with Crippen LogP contribution in [0.5, 0.6) is 5.75 Å². The maximum Gasteiger partial charge on any atom is 0.573 e. The average molecular weight is 353 g/mol. The standard InChI is InChI=1S/C18H18F3NO3/c1-2-24-17(23)11-16(22)14-5-3-4-13(10-14)12-6-8-15(9-7-12)25-18(19,20)21/h3-10,16H,2,11,22H2,1H3. The van der Waals surface area contributed by atoms with Crippen molar-refractivity contribution in [1.82, 2.24) is 0 Å². The predicted octanol–water partition coefficient (Wildman–Crippen LogP) is 4.21. The summed E-state index contributed by atoms with van der Waals surface area (Å²) in [6.45, 7) is 2.01. The van der Waals surface area contributed by atoms with E-state index in [-0.39, 0.29) is 24.7 Å². The highest BCUT2D eigenvalue weighted by molar-refractivity contribution is 5.71. The van der Waals surface area contributed by atoms with Crippen molar-refractivity contribution in [3.8, 4) is 16.9 Å². The third-order valence-corrected chi connectivity index (χ3v) is 3.43. The molecule has 0 aliphatic carbocycles. The summed E-state index contributed by atoms with van der Waals surface area (Å²) in [5, 5.41) is 0. The quantitative estimate of drug-likeness (QED) is 0.791. The van der Waals surface area contributed by atoms with Crippen LogP contribution in [-0.4, -0.2) is 18.9 Å². The van der Waals surface area contributed by atoms with Gasteiger partial charge in [0.15, 0.2) is 0 Å². The summed E-state index contributed by atoms with van der Waals surface area (Å²) in [7, 11) is 0. The zero-order chi connectivity index (χ0) is 18.4. The van der Waals surface area contributed by atoms with Gasteiger partial charge in [-0.15, -0.1) is 13.2 Å². The minimum absolute atomic E-state index is 0.0512. The summed E-state index contributed by atoms with van der Waals surface area (Å²) in [5.41, 5.74) is 8.24. The first-order valence-electron chi connectivity index (χ1n) is 7.66. The lowest BCUT2D eigenvalue weighted by molar-refractivity contribution is -0.274. The van der Waals surface area contributed by atoms with Gasteiger partial charge in [0.2, 0.25) is 0 Å². The minimum Gasteiger partial charge on any atom is -0.466 e. The molecule has 2 aromatic carbocycles. The second-order valence-electron chi connectivity index (χ2n) is 5.31. The molecule has 25 heavy (non-hydrogen) atoms. The van der Waals surface area contributed by atoms with Crippen LogP contribution in [0.25, 0.3) is 11.1 Å². The Morgan fingerprint density at radius 3 is 2.40 bits per heavy atom. The molecule has 0 saturated carbocycles. The lowest BCUT2D eigenvalue weighted by Crippen LogP contribution is -2.17. The largest absolute Gasteiger partial charge is 0.573 e. The van der Waals surface area contributed by atoms with Crippen LogP contribution in [0.3, 0.4) is 0 Å². The van der Waals surface area contributed by atoms with E-state index in [0.29, 0.717) is 5.56 Å². The summed E-state index contributed by atoms with van der Waals surface area (Å²) in [5.74, 6) is -0.666. The summed E-state index contributed by atoms with van der Waals surface area (Å²) >= 11 is 0. The lowest BCUT2D eigenvalue weighted by atomic mass is 9.98. The highest BCUT2D eigenvalue weighted by Crippen LogP contribution is 2.28. The Kier molecular flexibility index (Phi) is 6.03.